The predicted molar refractivity (Wildman–Crippen MR) is 114 cm³/mol. The maximum Gasteiger partial charge on any atom is 0.270 e. The topological polar surface area (TPSA) is 70.5 Å². The normalized spacial score (nSPS) is 28.3. The van der Waals surface area contributed by atoms with E-state index in [1.165, 1.54) is 0 Å². The number of aromatic nitrogens is 2. The van der Waals surface area contributed by atoms with Crippen LogP contribution in [0.15, 0.2) is 6.07 Å². The average molecular weight is 404 g/mol. The van der Waals surface area contributed by atoms with E-state index in [1.807, 2.05) is 11.0 Å². The first-order valence-electron chi connectivity index (χ1n) is 10.8. The van der Waals surface area contributed by atoms with Crippen LogP contribution in [0.5, 0.6) is 0 Å². The van der Waals surface area contributed by atoms with Crippen LogP contribution in [0, 0.1) is 5.92 Å². The van der Waals surface area contributed by atoms with Crippen molar-refractivity contribution in [3.8, 4) is 0 Å². The molecule has 1 aromatic heterocycles. The fraction of sp³-hybridized carbons (Fsp3) is 0.773. The molecular formula is C22H37N5O2. The second kappa shape index (κ2) is 8.09. The Balaban J connectivity index is 1.64. The van der Waals surface area contributed by atoms with Crippen molar-refractivity contribution in [3.05, 3.63) is 17.5 Å². The van der Waals surface area contributed by atoms with E-state index in [9.17, 15) is 9.59 Å². The van der Waals surface area contributed by atoms with Crippen LogP contribution < -0.4 is 5.32 Å². The van der Waals surface area contributed by atoms with Crippen LogP contribution in [0.3, 0.4) is 0 Å². The highest BCUT2D eigenvalue weighted by Gasteiger charge is 2.41. The van der Waals surface area contributed by atoms with Crippen molar-refractivity contribution in [1.29, 1.82) is 0 Å². The van der Waals surface area contributed by atoms with Gasteiger partial charge >= 0.3 is 0 Å². The molecule has 2 aliphatic rings. The van der Waals surface area contributed by atoms with Gasteiger partial charge in [0.15, 0.2) is 0 Å². The molecule has 1 aliphatic carbocycles. The molecule has 0 bridgehead atoms. The first-order valence-corrected chi connectivity index (χ1v) is 10.8. The monoisotopic (exact) mass is 403 g/mol. The van der Waals surface area contributed by atoms with E-state index in [0.717, 1.165) is 31.5 Å². The molecule has 3 rings (SSSR count). The van der Waals surface area contributed by atoms with E-state index in [-0.39, 0.29) is 23.3 Å². The van der Waals surface area contributed by atoms with Crippen molar-refractivity contribution in [2.45, 2.75) is 76.9 Å². The van der Waals surface area contributed by atoms with Gasteiger partial charge in [0.2, 0.25) is 5.91 Å². The number of carbonyl (C=O) groups is 2. The van der Waals surface area contributed by atoms with E-state index in [1.54, 1.807) is 11.7 Å². The largest absolute Gasteiger partial charge is 0.339 e. The van der Waals surface area contributed by atoms with Gasteiger partial charge in [-0.1, -0.05) is 27.7 Å². The molecule has 162 valence electrons. The zero-order valence-corrected chi connectivity index (χ0v) is 19.0. The fourth-order valence-electron chi connectivity index (χ4n) is 4.73. The van der Waals surface area contributed by atoms with Gasteiger partial charge in [0.1, 0.15) is 11.7 Å². The van der Waals surface area contributed by atoms with Crippen LogP contribution in [-0.4, -0.2) is 70.2 Å². The SMILES string of the molecule is C[C@@H]1C[C@H](N(C)C)CC[C@@H]1N1CCC(NC(=O)c2cc(C(C)(C)C)nn2C)C1=O. The number of nitrogens with zero attached hydrogens (tertiary/aromatic N) is 4. The van der Waals surface area contributed by atoms with Gasteiger partial charge in [0.05, 0.1) is 5.69 Å². The third-order valence-electron chi connectivity index (χ3n) is 6.65. The van der Waals surface area contributed by atoms with Crippen LogP contribution in [0.25, 0.3) is 0 Å². The van der Waals surface area contributed by atoms with Gasteiger partial charge < -0.3 is 15.1 Å². The smallest absolute Gasteiger partial charge is 0.270 e. The Labute approximate surface area is 174 Å². The lowest BCUT2D eigenvalue weighted by atomic mass is 9.81. The molecule has 1 aliphatic heterocycles. The third-order valence-corrected chi connectivity index (χ3v) is 6.65. The van der Waals surface area contributed by atoms with Crippen LogP contribution in [0.1, 0.15) is 69.6 Å². The molecule has 7 heteroatoms. The molecule has 1 N–H and O–H groups in total. The lowest BCUT2D eigenvalue weighted by Gasteiger charge is -2.41. The quantitative estimate of drug-likeness (QED) is 0.836. The Kier molecular flexibility index (Phi) is 6.08. The summed E-state index contributed by atoms with van der Waals surface area (Å²) in [5, 5.41) is 7.43. The molecule has 0 radical (unpaired) electrons. The van der Waals surface area contributed by atoms with Crippen molar-refractivity contribution >= 4 is 11.8 Å². The van der Waals surface area contributed by atoms with Crippen molar-refractivity contribution in [3.63, 3.8) is 0 Å². The first kappa shape index (κ1) is 21.8. The van der Waals surface area contributed by atoms with Crippen molar-refractivity contribution in [2.75, 3.05) is 20.6 Å². The molecule has 2 heterocycles. The lowest BCUT2D eigenvalue weighted by Crippen LogP contribution is -2.50. The van der Waals surface area contributed by atoms with Gasteiger partial charge in [-0.05, 0) is 51.8 Å². The molecule has 4 atom stereocenters. The Bertz CT molecular complexity index is 764. The van der Waals surface area contributed by atoms with Gasteiger partial charge in [-0.3, -0.25) is 14.3 Å². The van der Waals surface area contributed by atoms with Crippen LogP contribution in [-0.2, 0) is 17.3 Å². The molecule has 1 saturated carbocycles. The van der Waals surface area contributed by atoms with E-state index in [2.05, 4.69) is 57.1 Å². The molecule has 0 spiro atoms. The van der Waals surface area contributed by atoms with E-state index < -0.39 is 6.04 Å². The Morgan fingerprint density at radius 2 is 1.93 bits per heavy atom. The van der Waals surface area contributed by atoms with Crippen LogP contribution >= 0.6 is 0 Å². The summed E-state index contributed by atoms with van der Waals surface area (Å²) < 4.78 is 1.61. The summed E-state index contributed by atoms with van der Waals surface area (Å²) in [5.41, 5.74) is 1.25. The van der Waals surface area contributed by atoms with E-state index in [4.69, 9.17) is 0 Å². The molecule has 2 fully saturated rings. The highest BCUT2D eigenvalue weighted by molar-refractivity contribution is 5.97. The van der Waals surface area contributed by atoms with Crippen molar-refractivity contribution in [2.24, 2.45) is 13.0 Å². The summed E-state index contributed by atoms with van der Waals surface area (Å²) >= 11 is 0. The maximum absolute atomic E-state index is 13.1. The molecule has 1 unspecified atom stereocenters. The number of amides is 2. The molecule has 0 aromatic carbocycles. The fourth-order valence-corrected chi connectivity index (χ4v) is 4.73. The minimum atomic E-state index is -0.436. The number of carbonyl (C=O) groups excluding carboxylic acids is 2. The van der Waals surface area contributed by atoms with Gasteiger partial charge in [-0.2, -0.15) is 5.10 Å². The second-order valence-electron chi connectivity index (χ2n) is 10.1. The third kappa shape index (κ3) is 4.49. The second-order valence-corrected chi connectivity index (χ2v) is 10.1. The summed E-state index contributed by atoms with van der Waals surface area (Å²) in [6, 6.07) is 2.27. The van der Waals surface area contributed by atoms with Crippen LogP contribution in [0.2, 0.25) is 0 Å². The van der Waals surface area contributed by atoms with Crippen molar-refractivity contribution < 1.29 is 9.59 Å². The van der Waals surface area contributed by atoms with Gasteiger partial charge in [-0.15, -0.1) is 0 Å². The zero-order valence-electron chi connectivity index (χ0n) is 19.0. The molecule has 1 saturated heterocycles. The minimum Gasteiger partial charge on any atom is -0.339 e. The van der Waals surface area contributed by atoms with Gasteiger partial charge in [-0.25, -0.2) is 0 Å². The summed E-state index contributed by atoms with van der Waals surface area (Å²) in [5.74, 6) is 0.317. The first-order chi connectivity index (χ1) is 13.5. The predicted octanol–water partition coefficient (Wildman–Crippen LogP) is 2.17. The van der Waals surface area contributed by atoms with Gasteiger partial charge in [0, 0.05) is 31.1 Å². The van der Waals surface area contributed by atoms with Crippen molar-refractivity contribution in [1.82, 2.24) is 24.9 Å². The summed E-state index contributed by atoms with van der Waals surface area (Å²) in [4.78, 5) is 30.2. The summed E-state index contributed by atoms with van der Waals surface area (Å²) in [7, 11) is 6.04. The molecule has 7 nitrogen and oxygen atoms in total. The number of rotatable bonds is 4. The standard InChI is InChI=1S/C22H37N5O2/c1-14-12-15(25(5)6)8-9-17(14)27-11-10-16(21(27)29)23-20(28)18-13-19(22(2,3)4)24-26(18)7/h13-17H,8-12H2,1-7H3,(H,23,28)/t14-,15-,16?,17+/m1/s1. The Morgan fingerprint density at radius 3 is 2.48 bits per heavy atom. The van der Waals surface area contributed by atoms with Crippen LogP contribution in [0.4, 0.5) is 0 Å². The average Bonchev–Trinajstić information content (AvgIpc) is 3.18. The number of hydrogen-bond donors (Lipinski definition) is 1. The lowest BCUT2D eigenvalue weighted by molar-refractivity contribution is -0.133. The Morgan fingerprint density at radius 1 is 1.24 bits per heavy atom. The maximum atomic E-state index is 13.1. The number of nitrogens with one attached hydrogen (secondary N) is 1. The zero-order chi connectivity index (χ0) is 21.5. The number of hydrogen-bond acceptors (Lipinski definition) is 4. The number of aryl methyl sites for hydroxylation is 1. The van der Waals surface area contributed by atoms with Gasteiger partial charge in [0.25, 0.3) is 5.91 Å². The minimum absolute atomic E-state index is 0.0664. The number of likely N-dealkylation sites (tertiary alicyclic amines) is 1. The highest BCUT2D eigenvalue weighted by Crippen LogP contribution is 2.32. The molecule has 2 amide bonds. The van der Waals surface area contributed by atoms with E-state index >= 15 is 0 Å². The van der Waals surface area contributed by atoms with E-state index in [0.29, 0.717) is 24.1 Å². The summed E-state index contributed by atoms with van der Waals surface area (Å²) in [6.45, 7) is 9.19. The molecule has 1 aromatic rings. The Hall–Kier alpha value is -1.89. The molecular weight excluding hydrogens is 366 g/mol. The summed E-state index contributed by atoms with van der Waals surface area (Å²) in [6.07, 6.45) is 3.94. The highest BCUT2D eigenvalue weighted by atomic mass is 16.2. The molecule has 29 heavy (non-hydrogen) atoms.